The van der Waals surface area contributed by atoms with E-state index in [9.17, 15) is 0 Å². The number of aromatic nitrogens is 1. The number of hydrogen-bond donors (Lipinski definition) is 1. The van der Waals surface area contributed by atoms with Gasteiger partial charge in [-0.2, -0.15) is 0 Å². The van der Waals surface area contributed by atoms with Crippen LogP contribution in [-0.2, 0) is 6.42 Å². The van der Waals surface area contributed by atoms with Gasteiger partial charge in [0.2, 0.25) is 0 Å². The maximum Gasteiger partial charge on any atom is 0.118 e. The van der Waals surface area contributed by atoms with E-state index in [1.165, 1.54) is 0 Å². The van der Waals surface area contributed by atoms with Crippen LogP contribution in [0.3, 0.4) is 0 Å². The normalized spacial score (nSPS) is 12.4. The highest BCUT2D eigenvalue weighted by atomic mass is 32.1. The molecule has 0 saturated carbocycles. The van der Waals surface area contributed by atoms with Crippen molar-refractivity contribution in [1.29, 1.82) is 0 Å². The number of benzene rings is 1. The lowest BCUT2D eigenvalue weighted by atomic mass is 10.1. The van der Waals surface area contributed by atoms with E-state index in [2.05, 4.69) is 4.98 Å². The quantitative estimate of drug-likeness (QED) is 0.883. The van der Waals surface area contributed by atoms with E-state index in [0.29, 0.717) is 0 Å². The largest absolute Gasteiger partial charge is 0.497 e. The van der Waals surface area contributed by atoms with Gasteiger partial charge < -0.3 is 10.5 Å². The smallest absolute Gasteiger partial charge is 0.118 e. The van der Waals surface area contributed by atoms with Crippen molar-refractivity contribution in [2.24, 2.45) is 5.73 Å². The molecule has 84 valence electrons. The molecule has 1 heterocycles. The third-order valence-electron chi connectivity index (χ3n) is 2.42. The molecule has 1 aromatic carbocycles. The van der Waals surface area contributed by atoms with Crippen LogP contribution in [0.1, 0.15) is 16.6 Å². The lowest BCUT2D eigenvalue weighted by Gasteiger charge is -2.10. The number of methoxy groups -OCH3 is 1. The lowest BCUT2D eigenvalue weighted by Crippen LogP contribution is -2.13. The van der Waals surface area contributed by atoms with Gasteiger partial charge in [-0.25, -0.2) is 4.98 Å². The Hall–Kier alpha value is -1.39. The van der Waals surface area contributed by atoms with Gasteiger partial charge in [-0.3, -0.25) is 0 Å². The van der Waals surface area contributed by atoms with E-state index < -0.39 is 0 Å². The second-order valence-corrected chi connectivity index (χ2v) is 4.49. The number of hydrogen-bond acceptors (Lipinski definition) is 4. The summed E-state index contributed by atoms with van der Waals surface area (Å²) in [5.74, 6) is 0.852. The third-order valence-corrected chi connectivity index (χ3v) is 3.22. The minimum atomic E-state index is -0.00273. The summed E-state index contributed by atoms with van der Waals surface area (Å²) in [5.41, 5.74) is 7.21. The highest BCUT2D eigenvalue weighted by Gasteiger charge is 2.08. The van der Waals surface area contributed by atoms with Gasteiger partial charge in [0.25, 0.3) is 0 Å². The summed E-state index contributed by atoms with van der Waals surface area (Å²) < 4.78 is 5.10. The molecule has 4 heteroatoms. The fraction of sp³-hybridized carbons (Fsp3) is 0.250. The van der Waals surface area contributed by atoms with E-state index in [0.717, 1.165) is 22.7 Å². The van der Waals surface area contributed by atoms with Gasteiger partial charge in [-0.15, -0.1) is 11.3 Å². The summed E-state index contributed by atoms with van der Waals surface area (Å²) in [4.78, 5) is 4.23. The zero-order chi connectivity index (χ0) is 11.4. The third kappa shape index (κ3) is 2.59. The van der Waals surface area contributed by atoms with Crippen LogP contribution < -0.4 is 10.5 Å². The molecule has 2 aromatic rings. The van der Waals surface area contributed by atoms with E-state index in [1.54, 1.807) is 24.6 Å². The van der Waals surface area contributed by atoms with E-state index in [4.69, 9.17) is 10.5 Å². The molecule has 0 amide bonds. The summed E-state index contributed by atoms with van der Waals surface area (Å²) in [6.07, 6.45) is 2.59. The van der Waals surface area contributed by atoms with E-state index in [1.807, 2.05) is 29.6 Å². The average molecular weight is 234 g/mol. The van der Waals surface area contributed by atoms with Gasteiger partial charge in [0.15, 0.2) is 0 Å². The van der Waals surface area contributed by atoms with Crippen molar-refractivity contribution >= 4 is 11.3 Å². The minimum absolute atomic E-state index is 0.00273. The Morgan fingerprint density at radius 3 is 2.69 bits per heavy atom. The molecule has 0 aliphatic heterocycles. The average Bonchev–Trinajstić information content (AvgIpc) is 2.82. The molecule has 1 atom stereocenters. The molecular weight excluding hydrogens is 220 g/mol. The first-order valence-corrected chi connectivity index (χ1v) is 5.95. The summed E-state index contributed by atoms with van der Waals surface area (Å²) >= 11 is 1.64. The Kier molecular flexibility index (Phi) is 3.54. The molecule has 0 aliphatic rings. The van der Waals surface area contributed by atoms with Crippen molar-refractivity contribution in [3.8, 4) is 5.75 Å². The van der Waals surface area contributed by atoms with Crippen LogP contribution in [0, 0.1) is 0 Å². The van der Waals surface area contributed by atoms with Gasteiger partial charge >= 0.3 is 0 Å². The SMILES string of the molecule is COc1ccc(C(N)Cc2nccs2)cc1. The van der Waals surface area contributed by atoms with Gasteiger partial charge in [0, 0.05) is 24.0 Å². The van der Waals surface area contributed by atoms with Crippen LogP contribution in [0.4, 0.5) is 0 Å². The fourth-order valence-electron chi connectivity index (χ4n) is 1.51. The maximum atomic E-state index is 6.10. The first-order valence-electron chi connectivity index (χ1n) is 5.07. The van der Waals surface area contributed by atoms with E-state index >= 15 is 0 Å². The summed E-state index contributed by atoms with van der Waals surface area (Å²) in [7, 11) is 1.66. The van der Waals surface area contributed by atoms with Crippen LogP contribution in [0.25, 0.3) is 0 Å². The molecule has 16 heavy (non-hydrogen) atoms. The first kappa shape index (κ1) is 11.1. The molecule has 0 saturated heterocycles. The van der Waals surface area contributed by atoms with Crippen molar-refractivity contribution in [3.05, 3.63) is 46.4 Å². The van der Waals surface area contributed by atoms with Gasteiger partial charge in [-0.05, 0) is 17.7 Å². The minimum Gasteiger partial charge on any atom is -0.497 e. The number of rotatable bonds is 4. The van der Waals surface area contributed by atoms with Crippen molar-refractivity contribution in [2.75, 3.05) is 7.11 Å². The zero-order valence-electron chi connectivity index (χ0n) is 9.09. The predicted molar refractivity (Wildman–Crippen MR) is 65.7 cm³/mol. The lowest BCUT2D eigenvalue weighted by molar-refractivity contribution is 0.414. The molecule has 0 aliphatic carbocycles. The highest BCUT2D eigenvalue weighted by Crippen LogP contribution is 2.20. The fourth-order valence-corrected chi connectivity index (χ4v) is 2.19. The first-order chi connectivity index (χ1) is 7.79. The molecular formula is C12H14N2OS. The molecule has 0 bridgehead atoms. The Morgan fingerprint density at radius 2 is 2.12 bits per heavy atom. The Balaban J connectivity index is 2.05. The molecule has 2 N–H and O–H groups in total. The molecule has 2 rings (SSSR count). The number of nitrogens with two attached hydrogens (primary N) is 1. The van der Waals surface area contributed by atoms with Crippen LogP contribution in [0.2, 0.25) is 0 Å². The van der Waals surface area contributed by atoms with Crippen molar-refractivity contribution in [2.45, 2.75) is 12.5 Å². The molecule has 0 fully saturated rings. The summed E-state index contributed by atoms with van der Waals surface area (Å²) in [6.45, 7) is 0. The van der Waals surface area contributed by atoms with Crippen molar-refractivity contribution in [1.82, 2.24) is 4.98 Å². The standard InChI is InChI=1S/C12H14N2OS/c1-15-10-4-2-9(3-5-10)11(13)8-12-14-6-7-16-12/h2-7,11H,8,13H2,1H3. The molecule has 1 aromatic heterocycles. The summed E-state index contributed by atoms with van der Waals surface area (Å²) in [6, 6.07) is 7.85. The second-order valence-electron chi connectivity index (χ2n) is 3.51. The predicted octanol–water partition coefficient (Wildman–Crippen LogP) is 2.39. The monoisotopic (exact) mass is 234 g/mol. The van der Waals surface area contributed by atoms with E-state index in [-0.39, 0.29) is 6.04 Å². The molecule has 3 nitrogen and oxygen atoms in total. The number of thiazole rings is 1. The van der Waals surface area contributed by atoms with Crippen LogP contribution in [0.15, 0.2) is 35.8 Å². The topological polar surface area (TPSA) is 48.1 Å². The molecule has 1 unspecified atom stereocenters. The zero-order valence-corrected chi connectivity index (χ0v) is 9.91. The summed E-state index contributed by atoms with van der Waals surface area (Å²) in [5, 5.41) is 3.04. The maximum absolute atomic E-state index is 6.10. The van der Waals surface area contributed by atoms with Crippen LogP contribution >= 0.6 is 11.3 Å². The highest BCUT2D eigenvalue weighted by molar-refractivity contribution is 7.09. The van der Waals surface area contributed by atoms with Crippen molar-refractivity contribution < 1.29 is 4.74 Å². The van der Waals surface area contributed by atoms with Crippen LogP contribution in [-0.4, -0.2) is 12.1 Å². The number of nitrogens with zero attached hydrogens (tertiary/aromatic N) is 1. The Morgan fingerprint density at radius 1 is 1.38 bits per heavy atom. The Labute approximate surface area is 98.9 Å². The van der Waals surface area contributed by atoms with Crippen molar-refractivity contribution in [3.63, 3.8) is 0 Å². The Bertz CT molecular complexity index is 425. The van der Waals surface area contributed by atoms with Gasteiger partial charge in [-0.1, -0.05) is 12.1 Å². The molecule has 0 spiro atoms. The molecule has 0 radical (unpaired) electrons. The number of ether oxygens (including phenoxy) is 1. The van der Waals surface area contributed by atoms with Gasteiger partial charge in [0.05, 0.1) is 12.1 Å². The van der Waals surface area contributed by atoms with Gasteiger partial charge in [0.1, 0.15) is 5.75 Å². The van der Waals surface area contributed by atoms with Crippen LogP contribution in [0.5, 0.6) is 5.75 Å². The second kappa shape index (κ2) is 5.09.